The second-order valence-corrected chi connectivity index (χ2v) is 4.83. The van der Waals surface area contributed by atoms with Gasteiger partial charge in [-0.25, -0.2) is 13.8 Å². The van der Waals surface area contributed by atoms with Crippen molar-refractivity contribution in [1.29, 1.82) is 0 Å². The molecule has 0 saturated heterocycles. The van der Waals surface area contributed by atoms with Gasteiger partial charge in [-0.15, -0.1) is 0 Å². The van der Waals surface area contributed by atoms with E-state index in [9.17, 15) is 13.6 Å². The minimum absolute atomic E-state index is 0.0373. The number of guanidine groups is 1. The third-order valence-corrected chi connectivity index (χ3v) is 3.52. The molecule has 6 nitrogen and oxygen atoms in total. The number of carbonyl (C=O) groups excluding carboxylic acids is 1. The topological polar surface area (TPSA) is 84.5 Å². The smallest absolute Gasteiger partial charge is 0.266 e. The van der Waals surface area contributed by atoms with E-state index < -0.39 is 23.1 Å². The number of halogens is 2. The fourth-order valence-electron chi connectivity index (χ4n) is 2.45. The van der Waals surface area contributed by atoms with Crippen LogP contribution in [-0.4, -0.2) is 34.0 Å². The summed E-state index contributed by atoms with van der Waals surface area (Å²) >= 11 is 0. The number of nitrogens with zero attached hydrogens (tertiary/aromatic N) is 4. The number of aromatic nitrogens is 2. The van der Waals surface area contributed by atoms with E-state index >= 15 is 0 Å². The summed E-state index contributed by atoms with van der Waals surface area (Å²) in [5.41, 5.74) is 4.42. The third kappa shape index (κ3) is 1.92. The highest BCUT2D eigenvalue weighted by atomic mass is 19.1. The average Bonchev–Trinajstić information content (AvgIpc) is 2.72. The summed E-state index contributed by atoms with van der Waals surface area (Å²) in [6, 6.07) is 4.33. The predicted molar refractivity (Wildman–Crippen MR) is 73.6 cm³/mol. The minimum atomic E-state index is -1.67. The zero-order valence-electron chi connectivity index (χ0n) is 11.5. The molecular formula is C14H11F2N5O. The Hall–Kier alpha value is -2.90. The van der Waals surface area contributed by atoms with Gasteiger partial charge in [0.05, 0.1) is 6.20 Å². The van der Waals surface area contributed by atoms with E-state index in [1.165, 1.54) is 25.5 Å². The summed E-state index contributed by atoms with van der Waals surface area (Å²) in [5.74, 6) is -2.20. The Morgan fingerprint density at radius 3 is 2.32 bits per heavy atom. The molecule has 1 aliphatic rings. The van der Waals surface area contributed by atoms with E-state index in [0.717, 1.165) is 23.1 Å². The van der Waals surface area contributed by atoms with Gasteiger partial charge < -0.3 is 5.73 Å². The van der Waals surface area contributed by atoms with Gasteiger partial charge in [-0.3, -0.25) is 9.69 Å². The summed E-state index contributed by atoms with van der Waals surface area (Å²) in [4.78, 5) is 18.0. The Morgan fingerprint density at radius 2 is 1.82 bits per heavy atom. The van der Waals surface area contributed by atoms with Gasteiger partial charge in [-0.2, -0.15) is 10.2 Å². The molecule has 1 aromatic heterocycles. The van der Waals surface area contributed by atoms with Crippen LogP contribution in [0, 0.1) is 11.6 Å². The van der Waals surface area contributed by atoms with Crippen LogP contribution in [0.3, 0.4) is 0 Å². The highest BCUT2D eigenvalue weighted by Crippen LogP contribution is 2.39. The lowest BCUT2D eigenvalue weighted by molar-refractivity contribution is -0.129. The van der Waals surface area contributed by atoms with Gasteiger partial charge in [-0.1, -0.05) is 0 Å². The molecule has 0 radical (unpaired) electrons. The van der Waals surface area contributed by atoms with Crippen LogP contribution in [0.1, 0.15) is 11.1 Å². The summed E-state index contributed by atoms with van der Waals surface area (Å²) in [5, 5.41) is 7.35. The Kier molecular flexibility index (Phi) is 3.09. The van der Waals surface area contributed by atoms with Crippen molar-refractivity contribution in [3.8, 4) is 0 Å². The summed E-state index contributed by atoms with van der Waals surface area (Å²) in [6.07, 6.45) is 2.68. The van der Waals surface area contributed by atoms with E-state index in [2.05, 4.69) is 15.2 Å². The molecular weight excluding hydrogens is 292 g/mol. The van der Waals surface area contributed by atoms with Crippen molar-refractivity contribution < 1.29 is 13.6 Å². The standard InChI is InChI=1S/C14H11F2N5O/c1-21-12(22)14(20-13(21)17,8-2-3-18-19-7-8)9-4-10(15)6-11(16)5-9/h2-7H,1H3,(H2,17,20). The molecule has 3 rings (SSSR count). The van der Waals surface area contributed by atoms with Crippen LogP contribution in [0.5, 0.6) is 0 Å². The molecule has 2 aromatic rings. The molecule has 112 valence electrons. The van der Waals surface area contributed by atoms with E-state index in [4.69, 9.17) is 5.73 Å². The molecule has 2 N–H and O–H groups in total. The van der Waals surface area contributed by atoms with Crippen LogP contribution >= 0.6 is 0 Å². The van der Waals surface area contributed by atoms with Crippen molar-refractivity contribution in [2.45, 2.75) is 5.54 Å². The van der Waals surface area contributed by atoms with Crippen LogP contribution in [0.25, 0.3) is 0 Å². The zero-order valence-corrected chi connectivity index (χ0v) is 11.5. The molecule has 0 fully saturated rings. The average molecular weight is 303 g/mol. The summed E-state index contributed by atoms with van der Waals surface area (Å²) in [7, 11) is 1.44. The molecule has 1 amide bonds. The van der Waals surface area contributed by atoms with Gasteiger partial charge in [0, 0.05) is 24.9 Å². The third-order valence-electron chi connectivity index (χ3n) is 3.52. The Labute approximate surface area is 124 Å². The molecule has 0 bridgehead atoms. The number of amides is 1. The molecule has 1 atom stereocenters. The fourth-order valence-corrected chi connectivity index (χ4v) is 2.45. The normalized spacial score (nSPS) is 21.1. The van der Waals surface area contributed by atoms with Gasteiger partial charge in [0.15, 0.2) is 11.5 Å². The van der Waals surface area contributed by atoms with Gasteiger partial charge >= 0.3 is 0 Å². The number of benzene rings is 1. The highest BCUT2D eigenvalue weighted by molar-refractivity contribution is 6.08. The van der Waals surface area contributed by atoms with Crippen molar-refractivity contribution in [3.63, 3.8) is 0 Å². The van der Waals surface area contributed by atoms with E-state index in [1.54, 1.807) is 0 Å². The molecule has 1 aliphatic heterocycles. The molecule has 0 spiro atoms. The van der Waals surface area contributed by atoms with Crippen molar-refractivity contribution >= 4 is 11.9 Å². The Bertz CT molecular complexity index is 760. The first-order valence-electron chi connectivity index (χ1n) is 6.32. The van der Waals surface area contributed by atoms with Gasteiger partial charge in [0.2, 0.25) is 0 Å². The molecule has 22 heavy (non-hydrogen) atoms. The number of hydrogen-bond acceptors (Lipinski definition) is 5. The van der Waals surface area contributed by atoms with Crippen LogP contribution in [0.4, 0.5) is 8.78 Å². The minimum Gasteiger partial charge on any atom is -0.369 e. The van der Waals surface area contributed by atoms with Crippen molar-refractivity contribution in [2.75, 3.05) is 7.05 Å². The quantitative estimate of drug-likeness (QED) is 0.888. The first-order chi connectivity index (χ1) is 10.4. The van der Waals surface area contributed by atoms with Gasteiger partial charge in [0.25, 0.3) is 5.91 Å². The zero-order chi connectivity index (χ0) is 15.9. The predicted octanol–water partition coefficient (Wildman–Crippen LogP) is 0.785. The first kappa shape index (κ1) is 14.1. The van der Waals surface area contributed by atoms with Gasteiger partial charge in [0.1, 0.15) is 11.6 Å². The summed E-state index contributed by atoms with van der Waals surface area (Å²) in [6.45, 7) is 0. The van der Waals surface area contributed by atoms with E-state index in [1.807, 2.05) is 0 Å². The van der Waals surface area contributed by atoms with Crippen molar-refractivity contribution in [1.82, 2.24) is 15.1 Å². The van der Waals surface area contributed by atoms with Crippen LogP contribution in [0.2, 0.25) is 0 Å². The second-order valence-electron chi connectivity index (χ2n) is 4.83. The summed E-state index contributed by atoms with van der Waals surface area (Å²) < 4.78 is 27.2. The number of hydrogen-bond donors (Lipinski definition) is 1. The lowest BCUT2D eigenvalue weighted by atomic mass is 9.84. The van der Waals surface area contributed by atoms with Crippen LogP contribution in [-0.2, 0) is 10.3 Å². The largest absolute Gasteiger partial charge is 0.369 e. The first-order valence-corrected chi connectivity index (χ1v) is 6.32. The van der Waals surface area contributed by atoms with E-state index in [-0.39, 0.29) is 11.5 Å². The Balaban J connectivity index is 2.32. The lowest BCUT2D eigenvalue weighted by Gasteiger charge is -2.25. The molecule has 2 heterocycles. The molecule has 0 saturated carbocycles. The molecule has 1 aromatic carbocycles. The number of likely N-dealkylation sites (N-methyl/N-ethyl adjacent to an activating group) is 1. The number of nitrogens with two attached hydrogens (primary N) is 1. The molecule has 8 heteroatoms. The monoisotopic (exact) mass is 303 g/mol. The molecule has 0 aliphatic carbocycles. The molecule has 1 unspecified atom stereocenters. The maximum Gasteiger partial charge on any atom is 0.266 e. The fraction of sp³-hybridized carbons (Fsp3) is 0.143. The maximum atomic E-state index is 13.6. The van der Waals surface area contributed by atoms with Gasteiger partial charge in [-0.05, 0) is 23.8 Å². The maximum absolute atomic E-state index is 13.6. The lowest BCUT2D eigenvalue weighted by Crippen LogP contribution is -2.41. The van der Waals surface area contributed by atoms with Crippen molar-refractivity contribution in [2.24, 2.45) is 10.7 Å². The second kappa shape index (κ2) is 4.83. The highest BCUT2D eigenvalue weighted by Gasteiger charge is 2.50. The van der Waals surface area contributed by atoms with Crippen LogP contribution in [0.15, 0.2) is 41.7 Å². The number of aliphatic imine (C=N–C) groups is 1. The number of carbonyl (C=O) groups is 1. The van der Waals surface area contributed by atoms with Crippen molar-refractivity contribution in [3.05, 3.63) is 59.4 Å². The van der Waals surface area contributed by atoms with E-state index in [0.29, 0.717) is 5.56 Å². The van der Waals surface area contributed by atoms with Crippen LogP contribution < -0.4 is 5.73 Å². The number of rotatable bonds is 2. The SMILES string of the molecule is CN1C(=O)C(c2ccnnc2)(c2cc(F)cc(F)c2)N=C1N. The Morgan fingerprint density at radius 1 is 1.14 bits per heavy atom.